The van der Waals surface area contributed by atoms with Crippen molar-refractivity contribution in [2.75, 3.05) is 5.32 Å². The molecule has 1 N–H and O–H groups in total. The number of thiophene rings is 1. The number of carbonyl (C=O) groups excluding carboxylic acids is 2. The Morgan fingerprint density at radius 2 is 1.75 bits per heavy atom. The van der Waals surface area contributed by atoms with Crippen LogP contribution in [0.3, 0.4) is 0 Å². The minimum atomic E-state index is -0.188. The van der Waals surface area contributed by atoms with Gasteiger partial charge in [0.15, 0.2) is 5.78 Å². The molecule has 0 spiro atoms. The van der Waals surface area contributed by atoms with Crippen molar-refractivity contribution >= 4 is 39.6 Å². The van der Waals surface area contributed by atoms with Crippen molar-refractivity contribution in [3.63, 3.8) is 0 Å². The van der Waals surface area contributed by atoms with Gasteiger partial charge in [-0.1, -0.05) is 29.3 Å². The Balaban J connectivity index is 1.73. The van der Waals surface area contributed by atoms with E-state index in [2.05, 4.69) is 5.32 Å². The first kappa shape index (κ1) is 18.9. The molecule has 3 nitrogen and oxygen atoms in total. The molecule has 0 radical (unpaired) electrons. The van der Waals surface area contributed by atoms with Gasteiger partial charge in [0.05, 0.1) is 5.56 Å². The second kappa shape index (κ2) is 7.90. The average Bonchev–Trinajstić information content (AvgIpc) is 3.05. The third kappa shape index (κ3) is 3.75. The minimum absolute atomic E-state index is 0.0596. The van der Waals surface area contributed by atoms with Crippen LogP contribution in [-0.2, 0) is 12.8 Å². The molecule has 0 saturated heterocycles. The van der Waals surface area contributed by atoms with E-state index in [4.69, 9.17) is 11.6 Å². The van der Waals surface area contributed by atoms with Crippen molar-refractivity contribution in [2.24, 2.45) is 0 Å². The monoisotopic (exact) mass is 409 g/mol. The molecular formula is C23H20ClNO2S. The predicted molar refractivity (Wildman–Crippen MR) is 115 cm³/mol. The molecule has 2 aromatic carbocycles. The summed E-state index contributed by atoms with van der Waals surface area (Å²) in [7, 11) is 0. The molecule has 142 valence electrons. The van der Waals surface area contributed by atoms with E-state index in [-0.39, 0.29) is 11.7 Å². The van der Waals surface area contributed by atoms with E-state index < -0.39 is 0 Å². The number of aryl methyl sites for hydroxylation is 2. The number of anilines is 1. The van der Waals surface area contributed by atoms with Crippen LogP contribution in [0.4, 0.5) is 5.00 Å². The maximum absolute atomic E-state index is 13.3. The maximum Gasteiger partial charge on any atom is 0.256 e. The highest BCUT2D eigenvalue weighted by atomic mass is 35.5. The summed E-state index contributed by atoms with van der Waals surface area (Å²) in [6.45, 7) is 1.95. The van der Waals surface area contributed by atoms with Gasteiger partial charge in [-0.25, -0.2) is 0 Å². The number of benzene rings is 2. The molecule has 0 aliphatic heterocycles. The molecule has 0 bridgehead atoms. The quantitative estimate of drug-likeness (QED) is 0.531. The SMILES string of the molecule is Cc1cccc(C(=O)Nc2sc3c(c2C(=O)c2ccc(Cl)cc2)CCCC3)c1. The maximum atomic E-state index is 13.3. The van der Waals surface area contributed by atoms with Crippen LogP contribution in [0, 0.1) is 6.92 Å². The molecule has 3 aromatic rings. The Labute approximate surface area is 173 Å². The highest BCUT2D eigenvalue weighted by molar-refractivity contribution is 7.17. The molecule has 5 heteroatoms. The zero-order valence-corrected chi connectivity index (χ0v) is 17.1. The van der Waals surface area contributed by atoms with Crippen LogP contribution >= 0.6 is 22.9 Å². The summed E-state index contributed by atoms with van der Waals surface area (Å²) in [6, 6.07) is 14.4. The van der Waals surface area contributed by atoms with Crippen LogP contribution in [0.25, 0.3) is 0 Å². The largest absolute Gasteiger partial charge is 0.313 e. The Kier molecular flexibility index (Phi) is 5.33. The fourth-order valence-electron chi connectivity index (χ4n) is 3.60. The Bertz CT molecular complexity index is 1050. The summed E-state index contributed by atoms with van der Waals surface area (Å²) in [5, 5.41) is 4.25. The molecule has 1 heterocycles. The molecule has 1 amide bonds. The van der Waals surface area contributed by atoms with Crippen molar-refractivity contribution in [2.45, 2.75) is 32.6 Å². The lowest BCUT2D eigenvalue weighted by atomic mass is 9.92. The van der Waals surface area contributed by atoms with Gasteiger partial charge in [0, 0.05) is 21.0 Å². The first-order valence-electron chi connectivity index (χ1n) is 9.36. The number of nitrogens with one attached hydrogen (secondary N) is 1. The van der Waals surface area contributed by atoms with Crippen molar-refractivity contribution in [3.8, 4) is 0 Å². The number of fused-ring (bicyclic) bond motifs is 1. The van der Waals surface area contributed by atoms with Crippen LogP contribution in [0.2, 0.25) is 5.02 Å². The van der Waals surface area contributed by atoms with Gasteiger partial charge in [-0.15, -0.1) is 11.3 Å². The third-order valence-electron chi connectivity index (χ3n) is 5.01. The predicted octanol–water partition coefficient (Wildman–Crippen LogP) is 6.07. The van der Waals surface area contributed by atoms with E-state index in [1.54, 1.807) is 30.3 Å². The summed E-state index contributed by atoms with van der Waals surface area (Å²) < 4.78 is 0. The Morgan fingerprint density at radius 1 is 1.00 bits per heavy atom. The summed E-state index contributed by atoms with van der Waals surface area (Å²) in [5.74, 6) is -0.247. The average molecular weight is 410 g/mol. The number of halogens is 1. The van der Waals surface area contributed by atoms with Gasteiger partial charge >= 0.3 is 0 Å². The number of amides is 1. The van der Waals surface area contributed by atoms with Crippen molar-refractivity contribution < 1.29 is 9.59 Å². The van der Waals surface area contributed by atoms with Crippen LogP contribution < -0.4 is 5.32 Å². The fourth-order valence-corrected chi connectivity index (χ4v) is 5.01. The summed E-state index contributed by atoms with van der Waals surface area (Å²) >= 11 is 7.51. The number of rotatable bonds is 4. The first-order chi connectivity index (χ1) is 13.5. The van der Waals surface area contributed by atoms with Gasteiger partial charge in [-0.05, 0) is 74.6 Å². The van der Waals surface area contributed by atoms with Crippen molar-refractivity contribution in [1.29, 1.82) is 0 Å². The first-order valence-corrected chi connectivity index (χ1v) is 10.5. The third-order valence-corrected chi connectivity index (χ3v) is 6.47. The number of hydrogen-bond donors (Lipinski definition) is 1. The molecule has 0 atom stereocenters. The van der Waals surface area contributed by atoms with Crippen LogP contribution in [0.5, 0.6) is 0 Å². The van der Waals surface area contributed by atoms with Gasteiger partial charge in [0.2, 0.25) is 0 Å². The van der Waals surface area contributed by atoms with E-state index >= 15 is 0 Å². The molecule has 1 aliphatic rings. The topological polar surface area (TPSA) is 46.2 Å². The van der Waals surface area contributed by atoms with Gasteiger partial charge in [-0.2, -0.15) is 0 Å². The van der Waals surface area contributed by atoms with Gasteiger partial charge in [-0.3, -0.25) is 9.59 Å². The lowest BCUT2D eigenvalue weighted by Gasteiger charge is -2.13. The summed E-state index contributed by atoms with van der Waals surface area (Å²) in [4.78, 5) is 27.3. The highest BCUT2D eigenvalue weighted by Crippen LogP contribution is 2.39. The fraction of sp³-hybridized carbons (Fsp3) is 0.217. The molecule has 0 fully saturated rings. The van der Waals surface area contributed by atoms with E-state index in [1.807, 2.05) is 25.1 Å². The van der Waals surface area contributed by atoms with E-state index in [0.29, 0.717) is 26.7 Å². The lowest BCUT2D eigenvalue weighted by molar-refractivity contribution is 0.102. The van der Waals surface area contributed by atoms with E-state index in [1.165, 1.54) is 16.2 Å². The number of ketones is 1. The molecule has 1 aromatic heterocycles. The van der Waals surface area contributed by atoms with Gasteiger partial charge in [0.25, 0.3) is 5.91 Å². The summed E-state index contributed by atoms with van der Waals surface area (Å²) in [5.41, 5.74) is 3.94. The number of carbonyl (C=O) groups is 2. The Morgan fingerprint density at radius 3 is 2.50 bits per heavy atom. The zero-order valence-electron chi connectivity index (χ0n) is 15.5. The van der Waals surface area contributed by atoms with Crippen molar-refractivity contribution in [1.82, 2.24) is 0 Å². The van der Waals surface area contributed by atoms with Crippen LogP contribution in [0.15, 0.2) is 48.5 Å². The molecular weight excluding hydrogens is 390 g/mol. The number of hydrogen-bond acceptors (Lipinski definition) is 3. The van der Waals surface area contributed by atoms with E-state index in [9.17, 15) is 9.59 Å². The highest BCUT2D eigenvalue weighted by Gasteiger charge is 2.27. The molecule has 4 rings (SSSR count). The minimum Gasteiger partial charge on any atom is -0.313 e. The molecule has 0 unspecified atom stereocenters. The lowest BCUT2D eigenvalue weighted by Crippen LogP contribution is -2.15. The van der Waals surface area contributed by atoms with E-state index in [0.717, 1.165) is 36.8 Å². The normalized spacial score (nSPS) is 13.1. The second-order valence-corrected chi connectivity index (χ2v) is 8.62. The molecule has 0 saturated carbocycles. The molecule has 1 aliphatic carbocycles. The van der Waals surface area contributed by atoms with Gasteiger partial charge < -0.3 is 5.32 Å². The smallest absolute Gasteiger partial charge is 0.256 e. The van der Waals surface area contributed by atoms with Gasteiger partial charge in [0.1, 0.15) is 5.00 Å². The Hall–Kier alpha value is -2.43. The zero-order chi connectivity index (χ0) is 19.7. The summed E-state index contributed by atoms with van der Waals surface area (Å²) in [6.07, 6.45) is 4.02. The standard InChI is InChI=1S/C23H20ClNO2S/c1-14-5-4-6-16(13-14)22(27)25-23-20(18-7-2-3-8-19(18)28-23)21(26)15-9-11-17(24)12-10-15/h4-6,9-13H,2-3,7-8H2,1H3,(H,25,27). The van der Waals surface area contributed by atoms with Crippen molar-refractivity contribution in [3.05, 3.63) is 86.2 Å². The van der Waals surface area contributed by atoms with Crippen LogP contribution in [0.1, 0.15) is 55.1 Å². The second-order valence-electron chi connectivity index (χ2n) is 7.07. The molecule has 28 heavy (non-hydrogen) atoms. The van der Waals surface area contributed by atoms with Crippen LogP contribution in [-0.4, -0.2) is 11.7 Å².